The highest BCUT2D eigenvalue weighted by Gasteiger charge is 2.19. The van der Waals surface area contributed by atoms with Crippen molar-refractivity contribution in [1.29, 1.82) is 0 Å². The number of ether oxygens (including phenoxy) is 2. The molecule has 1 aromatic carbocycles. The lowest BCUT2D eigenvalue weighted by Gasteiger charge is -2.19. The molecule has 0 bridgehead atoms. The van der Waals surface area contributed by atoms with E-state index in [1.807, 2.05) is 0 Å². The van der Waals surface area contributed by atoms with Gasteiger partial charge in [-0.2, -0.15) is 0 Å². The molecule has 102 valence electrons. The van der Waals surface area contributed by atoms with Gasteiger partial charge in [0.15, 0.2) is 5.75 Å². The largest absolute Gasteiger partial charge is 0.514 e. The minimum atomic E-state index is -0.826. The molecule has 19 heavy (non-hydrogen) atoms. The molecular formula is C14H17NO4. The Kier molecular flexibility index (Phi) is 4.69. The summed E-state index contributed by atoms with van der Waals surface area (Å²) >= 11 is 0. The minimum absolute atomic E-state index is 0.215. The molecule has 5 heteroatoms. The van der Waals surface area contributed by atoms with E-state index in [-0.39, 0.29) is 11.7 Å². The first-order valence-electron chi connectivity index (χ1n) is 5.75. The average Bonchev–Trinajstić information content (AvgIpc) is 2.29. The third kappa shape index (κ3) is 5.25. The van der Waals surface area contributed by atoms with E-state index < -0.39 is 11.8 Å². The highest BCUT2D eigenvalue weighted by molar-refractivity contribution is 6.00. The maximum Gasteiger partial charge on any atom is 0.514 e. The predicted octanol–water partition coefficient (Wildman–Crippen LogP) is 3.13. The van der Waals surface area contributed by atoms with Gasteiger partial charge in [-0.1, -0.05) is 18.7 Å². The Bertz CT molecular complexity index is 488. The lowest BCUT2D eigenvalue weighted by molar-refractivity contribution is -0.111. The second-order valence-electron chi connectivity index (χ2n) is 4.76. The van der Waals surface area contributed by atoms with E-state index in [0.29, 0.717) is 5.69 Å². The van der Waals surface area contributed by atoms with E-state index in [0.717, 1.165) is 6.08 Å². The first-order chi connectivity index (χ1) is 8.81. The van der Waals surface area contributed by atoms with Gasteiger partial charge in [0.25, 0.3) is 0 Å². The number of nitrogens with one attached hydrogen (secondary N) is 1. The molecule has 5 nitrogen and oxygen atoms in total. The molecule has 0 spiro atoms. The van der Waals surface area contributed by atoms with Gasteiger partial charge in [-0.3, -0.25) is 4.79 Å². The number of amides is 1. The highest BCUT2D eigenvalue weighted by Crippen LogP contribution is 2.24. The first kappa shape index (κ1) is 14.8. The fourth-order valence-electron chi connectivity index (χ4n) is 1.20. The van der Waals surface area contributed by atoms with Crippen molar-refractivity contribution in [3.05, 3.63) is 36.9 Å². The molecule has 0 fully saturated rings. The van der Waals surface area contributed by atoms with Gasteiger partial charge in [-0.25, -0.2) is 4.79 Å². The molecule has 0 saturated heterocycles. The van der Waals surface area contributed by atoms with E-state index in [9.17, 15) is 9.59 Å². The van der Waals surface area contributed by atoms with Crippen LogP contribution in [-0.2, 0) is 9.53 Å². The molecule has 0 saturated carbocycles. The first-order valence-corrected chi connectivity index (χ1v) is 5.75. The van der Waals surface area contributed by atoms with E-state index in [4.69, 9.17) is 9.47 Å². The second kappa shape index (κ2) is 6.04. The third-order valence-electron chi connectivity index (χ3n) is 1.91. The molecule has 0 aliphatic heterocycles. The summed E-state index contributed by atoms with van der Waals surface area (Å²) in [5, 5.41) is 2.54. The summed E-state index contributed by atoms with van der Waals surface area (Å²) in [6, 6.07) is 6.56. The van der Waals surface area contributed by atoms with E-state index in [1.165, 1.54) is 0 Å². The SMILES string of the molecule is C=CC(=O)Nc1ccccc1OC(=O)OC(C)(C)C. The number of hydrogen-bond acceptors (Lipinski definition) is 4. The van der Waals surface area contributed by atoms with Crippen molar-refractivity contribution in [2.24, 2.45) is 0 Å². The summed E-state index contributed by atoms with van der Waals surface area (Å²) in [6.07, 6.45) is 0.303. The fraction of sp³-hybridized carbons (Fsp3) is 0.286. The van der Waals surface area contributed by atoms with E-state index in [1.54, 1.807) is 45.0 Å². The molecule has 1 amide bonds. The Morgan fingerprint density at radius 2 is 1.89 bits per heavy atom. The molecule has 1 rings (SSSR count). The van der Waals surface area contributed by atoms with Crippen LogP contribution in [0, 0.1) is 0 Å². The number of hydrogen-bond donors (Lipinski definition) is 1. The van der Waals surface area contributed by atoms with Crippen molar-refractivity contribution in [3.8, 4) is 5.75 Å². The van der Waals surface area contributed by atoms with E-state index >= 15 is 0 Å². The number of anilines is 1. The van der Waals surface area contributed by atoms with Crippen LogP contribution >= 0.6 is 0 Å². The quantitative estimate of drug-likeness (QED) is 0.517. The molecule has 0 aliphatic rings. The summed E-state index contributed by atoms with van der Waals surface area (Å²) in [4.78, 5) is 22.8. The zero-order valence-corrected chi connectivity index (χ0v) is 11.2. The van der Waals surface area contributed by atoms with Gasteiger partial charge in [-0.15, -0.1) is 0 Å². The van der Waals surface area contributed by atoms with Gasteiger partial charge in [0.1, 0.15) is 5.60 Å². The van der Waals surface area contributed by atoms with Crippen LogP contribution in [0.2, 0.25) is 0 Å². The van der Waals surface area contributed by atoms with Crippen LogP contribution in [0.3, 0.4) is 0 Å². The van der Waals surface area contributed by atoms with Gasteiger partial charge in [0, 0.05) is 0 Å². The lowest BCUT2D eigenvalue weighted by atomic mass is 10.2. The van der Waals surface area contributed by atoms with Crippen molar-refractivity contribution in [1.82, 2.24) is 0 Å². The Morgan fingerprint density at radius 3 is 2.47 bits per heavy atom. The van der Waals surface area contributed by atoms with Crippen LogP contribution in [0.5, 0.6) is 5.75 Å². The molecule has 0 radical (unpaired) electrons. The van der Waals surface area contributed by atoms with Crippen LogP contribution < -0.4 is 10.1 Å². The monoisotopic (exact) mass is 263 g/mol. The van der Waals surface area contributed by atoms with Crippen LogP contribution in [0.1, 0.15) is 20.8 Å². The fourth-order valence-corrected chi connectivity index (χ4v) is 1.20. The Balaban J connectivity index is 2.80. The maximum atomic E-state index is 11.6. The van der Waals surface area contributed by atoms with Crippen molar-refractivity contribution in [3.63, 3.8) is 0 Å². The number of carbonyl (C=O) groups excluding carboxylic acids is 2. The zero-order valence-electron chi connectivity index (χ0n) is 11.2. The van der Waals surface area contributed by atoms with Gasteiger partial charge in [-0.05, 0) is 39.0 Å². The molecular weight excluding hydrogens is 246 g/mol. The van der Waals surface area contributed by atoms with Crippen LogP contribution in [0.25, 0.3) is 0 Å². The molecule has 0 aromatic heterocycles. The van der Waals surface area contributed by atoms with E-state index in [2.05, 4.69) is 11.9 Å². The molecule has 0 atom stereocenters. The molecule has 1 N–H and O–H groups in total. The molecule has 1 aromatic rings. The average molecular weight is 263 g/mol. The topological polar surface area (TPSA) is 64.6 Å². The molecule has 0 aliphatic carbocycles. The third-order valence-corrected chi connectivity index (χ3v) is 1.91. The highest BCUT2D eigenvalue weighted by atomic mass is 16.7. The van der Waals surface area contributed by atoms with Gasteiger partial charge < -0.3 is 14.8 Å². The van der Waals surface area contributed by atoms with Crippen molar-refractivity contribution < 1.29 is 19.1 Å². The number of benzene rings is 1. The zero-order chi connectivity index (χ0) is 14.5. The van der Waals surface area contributed by atoms with Crippen LogP contribution in [0.15, 0.2) is 36.9 Å². The summed E-state index contributed by atoms with van der Waals surface area (Å²) in [5.74, 6) is -0.174. The Labute approximate surface area is 112 Å². The van der Waals surface area contributed by atoms with Gasteiger partial charge in [0.2, 0.25) is 5.91 Å². The summed E-state index contributed by atoms with van der Waals surface area (Å²) in [6.45, 7) is 8.56. The van der Waals surface area contributed by atoms with Gasteiger partial charge >= 0.3 is 6.16 Å². The van der Waals surface area contributed by atoms with Crippen molar-refractivity contribution in [2.75, 3.05) is 5.32 Å². The summed E-state index contributed by atoms with van der Waals surface area (Å²) < 4.78 is 10.1. The number of carbonyl (C=O) groups is 2. The predicted molar refractivity (Wildman–Crippen MR) is 72.1 cm³/mol. The smallest absolute Gasteiger partial charge is 0.428 e. The summed E-state index contributed by atoms with van der Waals surface area (Å²) in [7, 11) is 0. The maximum absolute atomic E-state index is 11.6. The number of rotatable bonds is 3. The minimum Gasteiger partial charge on any atom is -0.428 e. The molecule has 0 heterocycles. The summed E-state index contributed by atoms with van der Waals surface area (Å²) in [5.41, 5.74) is -0.269. The Hall–Kier alpha value is -2.30. The standard InChI is InChI=1S/C14H17NO4/c1-5-12(16)15-10-8-6-7-9-11(10)18-13(17)19-14(2,3)4/h5-9H,1H2,2-4H3,(H,15,16). The number of para-hydroxylation sites is 2. The van der Waals surface area contributed by atoms with Crippen molar-refractivity contribution >= 4 is 17.7 Å². The second-order valence-corrected chi connectivity index (χ2v) is 4.76. The normalized spacial score (nSPS) is 10.5. The lowest BCUT2D eigenvalue weighted by Crippen LogP contribution is -2.26. The van der Waals surface area contributed by atoms with Crippen molar-refractivity contribution in [2.45, 2.75) is 26.4 Å². The van der Waals surface area contributed by atoms with Crippen LogP contribution in [0.4, 0.5) is 10.5 Å². The van der Waals surface area contributed by atoms with Crippen LogP contribution in [-0.4, -0.2) is 17.7 Å². The van der Waals surface area contributed by atoms with Gasteiger partial charge in [0.05, 0.1) is 5.69 Å². The molecule has 0 unspecified atom stereocenters. The Morgan fingerprint density at radius 1 is 1.26 bits per heavy atom.